The molecule has 19 heteroatoms. The van der Waals surface area contributed by atoms with Crippen LogP contribution in [0, 0.1) is 23.7 Å². The smallest absolute Gasteiger partial charge is 0.462 e. The van der Waals surface area contributed by atoms with Crippen LogP contribution in [-0.2, 0) is 65.4 Å². The molecule has 0 aromatic heterocycles. The average Bonchev–Trinajstić information content (AvgIpc) is 0.898. The topological polar surface area (TPSA) is 237 Å². The van der Waals surface area contributed by atoms with E-state index in [2.05, 4.69) is 55.4 Å². The summed E-state index contributed by atoms with van der Waals surface area (Å²) in [6, 6.07) is 0. The largest absolute Gasteiger partial charge is 0.472 e. The molecule has 110 heavy (non-hydrogen) atoms. The van der Waals surface area contributed by atoms with Crippen molar-refractivity contribution in [1.82, 2.24) is 0 Å². The predicted molar refractivity (Wildman–Crippen MR) is 455 cm³/mol. The highest BCUT2D eigenvalue weighted by Crippen LogP contribution is 2.45. The molecule has 7 atom stereocenters. The van der Waals surface area contributed by atoms with Crippen molar-refractivity contribution in [3.05, 3.63) is 0 Å². The van der Waals surface area contributed by atoms with Crippen molar-refractivity contribution < 1.29 is 80.2 Å². The molecule has 17 nitrogen and oxygen atoms in total. The number of esters is 4. The summed E-state index contributed by atoms with van der Waals surface area (Å²) in [5, 5.41) is 10.7. The third-order valence-corrected chi connectivity index (χ3v) is 23.9. The number of carbonyl (C=O) groups is 4. The number of rotatable bonds is 88. The minimum Gasteiger partial charge on any atom is -0.462 e. The van der Waals surface area contributed by atoms with E-state index >= 15 is 0 Å². The van der Waals surface area contributed by atoms with Gasteiger partial charge in [-0.05, 0) is 49.4 Å². The monoisotopic (exact) mass is 1610 g/mol. The number of hydrogen-bond acceptors (Lipinski definition) is 15. The number of unbranched alkanes of at least 4 members (excludes halogenated alkanes) is 52. The van der Waals surface area contributed by atoms with Crippen LogP contribution in [0.1, 0.15) is 479 Å². The third kappa shape index (κ3) is 81.2. The van der Waals surface area contributed by atoms with E-state index < -0.39 is 97.5 Å². The Kier molecular flexibility index (Phi) is 78.1. The van der Waals surface area contributed by atoms with Gasteiger partial charge in [-0.2, -0.15) is 0 Å². The Balaban J connectivity index is 5.20. The van der Waals surface area contributed by atoms with Crippen LogP contribution in [0.3, 0.4) is 0 Å². The fraction of sp³-hybridized carbons (Fsp3) is 0.956. The van der Waals surface area contributed by atoms with Gasteiger partial charge in [0.15, 0.2) is 12.2 Å². The van der Waals surface area contributed by atoms with Crippen LogP contribution in [0.5, 0.6) is 0 Å². The number of ether oxygens (including phenoxy) is 4. The molecule has 0 aromatic carbocycles. The van der Waals surface area contributed by atoms with E-state index in [4.69, 9.17) is 37.0 Å². The van der Waals surface area contributed by atoms with Gasteiger partial charge in [0.1, 0.15) is 19.3 Å². The van der Waals surface area contributed by atoms with Crippen LogP contribution < -0.4 is 0 Å². The van der Waals surface area contributed by atoms with Gasteiger partial charge in [0.05, 0.1) is 26.4 Å². The van der Waals surface area contributed by atoms with Crippen molar-refractivity contribution >= 4 is 39.5 Å². The number of carbonyl (C=O) groups excluding carboxylic acids is 4. The molecular weight excluding hydrogens is 1430 g/mol. The summed E-state index contributed by atoms with van der Waals surface area (Å²) in [6.07, 6.45) is 70.9. The van der Waals surface area contributed by atoms with E-state index in [0.29, 0.717) is 31.6 Å². The molecule has 0 spiro atoms. The van der Waals surface area contributed by atoms with Gasteiger partial charge in [-0.25, -0.2) is 9.13 Å². The van der Waals surface area contributed by atoms with Crippen LogP contribution in [0.2, 0.25) is 0 Å². The lowest BCUT2D eigenvalue weighted by atomic mass is 9.99. The number of aliphatic hydroxyl groups excluding tert-OH is 1. The van der Waals surface area contributed by atoms with Gasteiger partial charge in [-0.3, -0.25) is 37.3 Å². The molecule has 0 rings (SSSR count). The fourth-order valence-electron chi connectivity index (χ4n) is 14.1. The predicted octanol–water partition coefficient (Wildman–Crippen LogP) is 27.9. The molecule has 0 fully saturated rings. The Morgan fingerprint density at radius 3 is 0.645 bits per heavy atom. The van der Waals surface area contributed by atoms with Gasteiger partial charge in [0, 0.05) is 25.7 Å². The first kappa shape index (κ1) is 108. The van der Waals surface area contributed by atoms with Crippen molar-refractivity contribution in [2.24, 2.45) is 23.7 Å². The summed E-state index contributed by atoms with van der Waals surface area (Å²) in [5.74, 6) is 1.13. The first-order valence-electron chi connectivity index (χ1n) is 46.8. The van der Waals surface area contributed by atoms with Gasteiger partial charge in [-0.1, -0.05) is 428 Å². The second-order valence-electron chi connectivity index (χ2n) is 34.1. The number of phosphoric ester groups is 2. The Morgan fingerprint density at radius 2 is 0.436 bits per heavy atom. The highest BCUT2D eigenvalue weighted by atomic mass is 31.2. The van der Waals surface area contributed by atoms with Crippen LogP contribution in [0.4, 0.5) is 0 Å². The fourth-order valence-corrected chi connectivity index (χ4v) is 15.7. The van der Waals surface area contributed by atoms with Crippen LogP contribution >= 0.6 is 15.6 Å². The molecule has 0 aliphatic rings. The summed E-state index contributed by atoms with van der Waals surface area (Å²) in [5.41, 5.74) is 0. The Bertz CT molecular complexity index is 2130. The van der Waals surface area contributed by atoms with Crippen molar-refractivity contribution in [3.8, 4) is 0 Å². The lowest BCUT2D eigenvalue weighted by Gasteiger charge is -2.21. The van der Waals surface area contributed by atoms with Gasteiger partial charge in [0.25, 0.3) is 0 Å². The highest BCUT2D eigenvalue weighted by molar-refractivity contribution is 7.47. The quantitative estimate of drug-likeness (QED) is 0.0222. The molecule has 0 aliphatic heterocycles. The normalized spacial score (nSPS) is 14.3. The zero-order valence-corrected chi connectivity index (χ0v) is 74.7. The van der Waals surface area contributed by atoms with E-state index in [-0.39, 0.29) is 25.7 Å². The molecule has 654 valence electrons. The molecule has 0 radical (unpaired) electrons. The lowest BCUT2D eigenvalue weighted by Crippen LogP contribution is -2.30. The maximum absolute atomic E-state index is 13.2. The molecule has 0 saturated carbocycles. The minimum absolute atomic E-state index is 0.107. The van der Waals surface area contributed by atoms with Crippen molar-refractivity contribution in [3.63, 3.8) is 0 Å². The van der Waals surface area contributed by atoms with Crippen molar-refractivity contribution in [2.75, 3.05) is 39.6 Å². The summed E-state index contributed by atoms with van der Waals surface area (Å²) >= 11 is 0. The van der Waals surface area contributed by atoms with Gasteiger partial charge >= 0.3 is 39.5 Å². The molecule has 0 aromatic rings. The standard InChI is InChI=1S/C91H178O17P2/c1-9-83(7)69-61-53-45-37-31-25-19-15-11-13-17-21-27-34-40-48-57-65-73-90(95)107-86(77-101-88(93)71-63-55-47-39-33-29-23-24-30-36-43-51-59-67-81(3)4)79-105-109(97,98)103-75-85(92)76-104-110(99,100)106-80-87(78-102-89(94)72-64-56-50-42-44-52-60-68-82(5)6)108-91(96)74-66-58-49-41-35-28-22-18-14-12-16-20-26-32-38-46-54-62-70-84(8)10-2/h81-87,92H,9-80H2,1-8H3,(H,97,98)(H,99,100)/t83?,84?,85?,86-,87-/m1/s1. The Hall–Kier alpha value is -1.94. The average molecular weight is 1610 g/mol. The Morgan fingerprint density at radius 1 is 0.255 bits per heavy atom. The van der Waals surface area contributed by atoms with Crippen LogP contribution in [-0.4, -0.2) is 96.7 Å². The lowest BCUT2D eigenvalue weighted by molar-refractivity contribution is -0.161. The summed E-state index contributed by atoms with van der Waals surface area (Å²) in [4.78, 5) is 73.4. The summed E-state index contributed by atoms with van der Waals surface area (Å²) < 4.78 is 69.0. The zero-order valence-electron chi connectivity index (χ0n) is 72.9. The number of hydrogen-bond donors (Lipinski definition) is 3. The summed E-state index contributed by atoms with van der Waals surface area (Å²) in [7, 11) is -9.94. The second-order valence-corrected chi connectivity index (χ2v) is 37.0. The molecule has 0 amide bonds. The molecule has 0 heterocycles. The zero-order chi connectivity index (χ0) is 80.9. The van der Waals surface area contributed by atoms with Crippen LogP contribution in [0.25, 0.3) is 0 Å². The van der Waals surface area contributed by atoms with E-state index in [1.165, 1.54) is 276 Å². The third-order valence-electron chi connectivity index (χ3n) is 22.0. The SMILES string of the molecule is CCC(C)CCCCCCCCCCCCCCCCCCCCC(=O)O[C@H](COC(=O)CCCCCCCCCCCCCCCC(C)C)COP(=O)(O)OCC(O)COP(=O)(O)OC[C@@H](COC(=O)CCCCCCCCCC(C)C)OC(=O)CCCCCCCCCCCCCCCCCCCCC(C)CC. The van der Waals surface area contributed by atoms with Gasteiger partial charge in [-0.15, -0.1) is 0 Å². The Labute approximate surface area is 677 Å². The number of phosphoric acid groups is 2. The molecule has 0 aliphatic carbocycles. The maximum atomic E-state index is 13.2. The molecule has 0 bridgehead atoms. The van der Waals surface area contributed by atoms with Crippen molar-refractivity contribution in [1.29, 1.82) is 0 Å². The minimum atomic E-state index is -4.97. The van der Waals surface area contributed by atoms with Crippen LogP contribution in [0.15, 0.2) is 0 Å². The molecule has 5 unspecified atom stereocenters. The van der Waals surface area contributed by atoms with Gasteiger partial charge < -0.3 is 33.8 Å². The summed E-state index contributed by atoms with van der Waals surface area (Å²) in [6.45, 7) is 14.4. The first-order valence-corrected chi connectivity index (χ1v) is 49.8. The van der Waals surface area contributed by atoms with E-state index in [1.807, 2.05) is 0 Å². The second kappa shape index (κ2) is 79.5. The first-order chi connectivity index (χ1) is 53.2. The molecular formula is C91H178O17P2. The highest BCUT2D eigenvalue weighted by Gasteiger charge is 2.31. The molecule has 0 saturated heterocycles. The van der Waals surface area contributed by atoms with E-state index in [0.717, 1.165) is 114 Å². The molecule has 3 N–H and O–H groups in total. The maximum Gasteiger partial charge on any atom is 0.472 e. The number of aliphatic hydroxyl groups is 1. The van der Waals surface area contributed by atoms with Gasteiger partial charge in [0.2, 0.25) is 0 Å². The van der Waals surface area contributed by atoms with E-state index in [1.54, 1.807) is 0 Å². The van der Waals surface area contributed by atoms with Crippen molar-refractivity contribution in [2.45, 2.75) is 497 Å². The van der Waals surface area contributed by atoms with E-state index in [9.17, 15) is 43.2 Å².